The van der Waals surface area contributed by atoms with Crippen LogP contribution in [0.3, 0.4) is 0 Å². The molecule has 0 fully saturated rings. The predicted octanol–water partition coefficient (Wildman–Crippen LogP) is 2.45. The number of nitrogens with one attached hydrogen (secondary N) is 1. The summed E-state index contributed by atoms with van der Waals surface area (Å²) in [5.74, 6) is -1.54. The number of amides is 1. The first-order valence-electron chi connectivity index (χ1n) is 7.31. The average molecular weight is 437 g/mol. The normalized spacial score (nSPS) is 10.5. The van der Waals surface area contributed by atoms with E-state index in [9.17, 15) is 19.7 Å². The molecule has 0 saturated carbocycles. The first-order chi connectivity index (χ1) is 12.8. The SMILES string of the molecule is COc1c(OC(C)=O)ccc(C=NNC(=O)c2cncc(Br)c2)c1[N+](=O)[O-]. The van der Waals surface area contributed by atoms with Crippen molar-refractivity contribution < 1.29 is 24.0 Å². The summed E-state index contributed by atoms with van der Waals surface area (Å²) in [5, 5.41) is 15.1. The van der Waals surface area contributed by atoms with Gasteiger partial charge < -0.3 is 9.47 Å². The Morgan fingerprint density at radius 1 is 1.37 bits per heavy atom. The van der Waals surface area contributed by atoms with Crippen LogP contribution in [0.1, 0.15) is 22.8 Å². The number of carbonyl (C=O) groups is 2. The van der Waals surface area contributed by atoms with E-state index in [1.165, 1.54) is 37.7 Å². The van der Waals surface area contributed by atoms with Crippen LogP contribution in [0, 0.1) is 10.1 Å². The van der Waals surface area contributed by atoms with Gasteiger partial charge in [-0.2, -0.15) is 5.10 Å². The Hall–Kier alpha value is -3.34. The monoisotopic (exact) mass is 436 g/mol. The Morgan fingerprint density at radius 3 is 2.70 bits per heavy atom. The molecule has 0 spiro atoms. The molecule has 1 heterocycles. The van der Waals surface area contributed by atoms with E-state index in [-0.39, 0.29) is 22.6 Å². The lowest BCUT2D eigenvalue weighted by Gasteiger charge is -2.09. The summed E-state index contributed by atoms with van der Waals surface area (Å²) in [7, 11) is 1.21. The molecule has 0 aliphatic heterocycles. The first kappa shape index (κ1) is 20.0. The largest absolute Gasteiger partial charge is 0.488 e. The Balaban J connectivity index is 2.29. The summed E-state index contributed by atoms with van der Waals surface area (Å²) >= 11 is 3.19. The van der Waals surface area contributed by atoms with Crippen molar-refractivity contribution in [1.82, 2.24) is 10.4 Å². The molecule has 0 atom stereocenters. The number of nitro groups is 1. The summed E-state index contributed by atoms with van der Waals surface area (Å²) in [4.78, 5) is 37.7. The van der Waals surface area contributed by atoms with Gasteiger partial charge in [0.05, 0.1) is 29.4 Å². The van der Waals surface area contributed by atoms with Gasteiger partial charge in [0.15, 0.2) is 5.75 Å². The fraction of sp³-hybridized carbons (Fsp3) is 0.125. The highest BCUT2D eigenvalue weighted by Crippen LogP contribution is 2.39. The molecule has 2 rings (SSSR count). The number of hydrogen-bond donors (Lipinski definition) is 1. The van der Waals surface area contributed by atoms with Crippen molar-refractivity contribution in [3.8, 4) is 11.5 Å². The number of carbonyl (C=O) groups excluding carboxylic acids is 2. The van der Waals surface area contributed by atoms with Gasteiger partial charge in [0.1, 0.15) is 0 Å². The van der Waals surface area contributed by atoms with Gasteiger partial charge in [-0.15, -0.1) is 0 Å². The van der Waals surface area contributed by atoms with Crippen molar-refractivity contribution in [2.45, 2.75) is 6.92 Å². The second-order valence-electron chi connectivity index (χ2n) is 4.98. The number of benzene rings is 1. The Morgan fingerprint density at radius 2 is 2.11 bits per heavy atom. The molecule has 2 aromatic rings. The van der Waals surface area contributed by atoms with Gasteiger partial charge in [0.25, 0.3) is 5.91 Å². The van der Waals surface area contributed by atoms with E-state index in [1.54, 1.807) is 0 Å². The number of esters is 1. The molecule has 11 heteroatoms. The lowest BCUT2D eigenvalue weighted by atomic mass is 10.1. The van der Waals surface area contributed by atoms with Gasteiger partial charge >= 0.3 is 11.7 Å². The van der Waals surface area contributed by atoms with Crippen LogP contribution in [-0.2, 0) is 4.79 Å². The molecule has 1 aromatic carbocycles. The summed E-state index contributed by atoms with van der Waals surface area (Å²) in [6.07, 6.45) is 3.94. The van der Waals surface area contributed by atoms with Crippen molar-refractivity contribution in [2.75, 3.05) is 7.11 Å². The van der Waals surface area contributed by atoms with E-state index >= 15 is 0 Å². The molecule has 1 N–H and O–H groups in total. The van der Waals surface area contributed by atoms with Crippen LogP contribution in [0.15, 0.2) is 40.2 Å². The zero-order valence-electron chi connectivity index (χ0n) is 14.1. The highest BCUT2D eigenvalue weighted by atomic mass is 79.9. The minimum Gasteiger partial charge on any atom is -0.488 e. The van der Waals surface area contributed by atoms with E-state index in [2.05, 4.69) is 31.4 Å². The number of hydrogen-bond acceptors (Lipinski definition) is 8. The predicted molar refractivity (Wildman–Crippen MR) is 98.0 cm³/mol. The Labute approximate surface area is 161 Å². The van der Waals surface area contributed by atoms with E-state index < -0.39 is 22.5 Å². The molecule has 0 bridgehead atoms. The van der Waals surface area contributed by atoms with Crippen LogP contribution in [0.4, 0.5) is 5.69 Å². The number of rotatable bonds is 6. The highest BCUT2D eigenvalue weighted by Gasteiger charge is 2.25. The smallest absolute Gasteiger partial charge is 0.323 e. The van der Waals surface area contributed by atoms with Crippen molar-refractivity contribution in [1.29, 1.82) is 0 Å². The molecule has 0 aliphatic rings. The van der Waals surface area contributed by atoms with Gasteiger partial charge in [-0.3, -0.25) is 24.7 Å². The summed E-state index contributed by atoms with van der Waals surface area (Å²) in [6.45, 7) is 1.16. The van der Waals surface area contributed by atoms with Crippen LogP contribution < -0.4 is 14.9 Å². The molecular formula is C16H13BrN4O6. The lowest BCUT2D eigenvalue weighted by molar-refractivity contribution is -0.385. The molecular weight excluding hydrogens is 424 g/mol. The number of nitrogens with zero attached hydrogens (tertiary/aromatic N) is 3. The maximum absolute atomic E-state index is 12.0. The van der Waals surface area contributed by atoms with Crippen LogP contribution in [0.25, 0.3) is 0 Å². The number of hydrazone groups is 1. The van der Waals surface area contributed by atoms with Crippen molar-refractivity contribution in [3.05, 3.63) is 56.3 Å². The standard InChI is InChI=1S/C16H13BrN4O6/c1-9(22)27-13-4-3-10(14(21(24)25)15(13)26-2)7-19-20-16(23)11-5-12(17)8-18-6-11/h3-8H,1-2H3,(H,20,23). The molecule has 1 amide bonds. The van der Waals surface area contributed by atoms with Crippen LogP contribution >= 0.6 is 15.9 Å². The second-order valence-corrected chi connectivity index (χ2v) is 5.89. The second kappa shape index (κ2) is 8.85. The van der Waals surface area contributed by atoms with Crippen LogP contribution in [0.5, 0.6) is 11.5 Å². The molecule has 1 aromatic heterocycles. The van der Waals surface area contributed by atoms with Crippen molar-refractivity contribution >= 4 is 39.7 Å². The Bertz CT molecular complexity index is 931. The highest BCUT2D eigenvalue weighted by molar-refractivity contribution is 9.10. The zero-order chi connectivity index (χ0) is 20.0. The first-order valence-corrected chi connectivity index (χ1v) is 8.10. The fourth-order valence-electron chi connectivity index (χ4n) is 2.05. The third-order valence-corrected chi connectivity index (χ3v) is 3.54. The van der Waals surface area contributed by atoms with E-state index in [0.29, 0.717) is 4.47 Å². The van der Waals surface area contributed by atoms with Crippen molar-refractivity contribution in [2.24, 2.45) is 5.10 Å². The summed E-state index contributed by atoms with van der Waals surface area (Å²) < 4.78 is 10.5. The quantitative estimate of drug-likeness (QED) is 0.241. The van der Waals surface area contributed by atoms with Gasteiger partial charge in [-0.25, -0.2) is 5.43 Å². The molecule has 0 radical (unpaired) electrons. The molecule has 0 unspecified atom stereocenters. The molecule has 0 aliphatic carbocycles. The van der Waals surface area contributed by atoms with Gasteiger partial charge in [-0.1, -0.05) is 0 Å². The topological polar surface area (TPSA) is 133 Å². The van der Waals surface area contributed by atoms with Gasteiger partial charge in [0, 0.05) is 23.8 Å². The maximum atomic E-state index is 12.0. The summed E-state index contributed by atoms with van der Waals surface area (Å²) in [5.41, 5.74) is 2.08. The van der Waals surface area contributed by atoms with Gasteiger partial charge in [-0.05, 0) is 34.1 Å². The van der Waals surface area contributed by atoms with Crippen LogP contribution in [-0.4, -0.2) is 35.1 Å². The number of ether oxygens (including phenoxy) is 2. The minimum atomic E-state index is -0.701. The van der Waals surface area contributed by atoms with Crippen molar-refractivity contribution in [3.63, 3.8) is 0 Å². The number of halogens is 1. The molecule has 0 saturated heterocycles. The van der Waals surface area contributed by atoms with E-state index in [0.717, 1.165) is 13.1 Å². The number of aromatic nitrogens is 1. The maximum Gasteiger partial charge on any atom is 0.323 e. The molecule has 10 nitrogen and oxygen atoms in total. The fourth-order valence-corrected chi connectivity index (χ4v) is 2.42. The van der Waals surface area contributed by atoms with E-state index in [4.69, 9.17) is 9.47 Å². The van der Waals surface area contributed by atoms with E-state index in [1.807, 2.05) is 0 Å². The third kappa shape index (κ3) is 5.07. The lowest BCUT2D eigenvalue weighted by Crippen LogP contribution is -2.18. The molecule has 140 valence electrons. The number of nitro benzene ring substituents is 1. The van der Waals surface area contributed by atoms with Crippen LogP contribution in [0.2, 0.25) is 0 Å². The zero-order valence-corrected chi connectivity index (χ0v) is 15.7. The third-order valence-electron chi connectivity index (χ3n) is 3.10. The number of methoxy groups -OCH3 is 1. The minimum absolute atomic E-state index is 0.0421. The average Bonchev–Trinajstić information content (AvgIpc) is 2.61. The Kier molecular flexibility index (Phi) is 6.55. The number of pyridine rings is 1. The summed E-state index contributed by atoms with van der Waals surface area (Å²) in [6, 6.07) is 4.18. The van der Waals surface area contributed by atoms with Gasteiger partial charge in [0.2, 0.25) is 5.75 Å². The molecule has 27 heavy (non-hydrogen) atoms.